The number of amides is 1. The Morgan fingerprint density at radius 2 is 1.70 bits per heavy atom. The Bertz CT molecular complexity index is 1310. The van der Waals surface area contributed by atoms with Gasteiger partial charge < -0.3 is 14.8 Å². The van der Waals surface area contributed by atoms with Crippen molar-refractivity contribution < 1.29 is 27.5 Å². The molecule has 0 unspecified atom stereocenters. The number of ether oxygens (including phenoxy) is 2. The molecule has 3 rings (SSSR count). The molecule has 1 amide bonds. The van der Waals surface area contributed by atoms with Gasteiger partial charge in [0.15, 0.2) is 6.61 Å². The maximum absolute atomic E-state index is 12.8. The van der Waals surface area contributed by atoms with Crippen LogP contribution in [0.15, 0.2) is 77.7 Å². The summed E-state index contributed by atoms with van der Waals surface area (Å²) >= 11 is 6.23. The fourth-order valence-electron chi connectivity index (χ4n) is 3.30. The maximum atomic E-state index is 12.8. The Hall–Kier alpha value is -3.40. The molecule has 196 valence electrons. The molecule has 0 heterocycles. The van der Waals surface area contributed by atoms with E-state index in [1.54, 1.807) is 31.2 Å². The lowest BCUT2D eigenvalue weighted by Gasteiger charge is -2.15. The lowest BCUT2D eigenvalue weighted by atomic mass is 10.1. The number of benzene rings is 3. The second-order valence-electron chi connectivity index (χ2n) is 8.25. The first-order chi connectivity index (χ1) is 17.7. The number of halogens is 1. The zero-order valence-electron chi connectivity index (χ0n) is 20.6. The molecule has 0 aliphatic heterocycles. The van der Waals surface area contributed by atoms with Crippen LogP contribution >= 0.6 is 11.6 Å². The van der Waals surface area contributed by atoms with Gasteiger partial charge in [-0.25, -0.2) is 17.9 Å². The molecule has 2 N–H and O–H groups in total. The first kappa shape index (κ1) is 28.2. The average Bonchev–Trinajstić information content (AvgIpc) is 2.88. The molecule has 0 aromatic heterocycles. The SMILES string of the molecule is CCCCOC(=O)c1ccc(NC(=O)COc2ccc(S(=O)(=O)N[C@@H](C)c3ccccc3)cc2Cl)cc1. The summed E-state index contributed by atoms with van der Waals surface area (Å²) < 4.78 is 38.8. The normalized spacial score (nSPS) is 12.0. The van der Waals surface area contributed by atoms with Crippen molar-refractivity contribution in [1.82, 2.24) is 4.72 Å². The topological polar surface area (TPSA) is 111 Å². The molecule has 0 saturated heterocycles. The predicted molar refractivity (Wildman–Crippen MR) is 142 cm³/mol. The van der Waals surface area contributed by atoms with Gasteiger partial charge in [0.05, 0.1) is 22.1 Å². The summed E-state index contributed by atoms with van der Waals surface area (Å²) in [6, 6.07) is 19.1. The molecule has 0 saturated carbocycles. The summed E-state index contributed by atoms with van der Waals surface area (Å²) in [7, 11) is -3.84. The van der Waals surface area contributed by atoms with E-state index in [1.807, 2.05) is 37.3 Å². The van der Waals surface area contributed by atoms with Gasteiger partial charge in [-0.3, -0.25) is 4.79 Å². The lowest BCUT2D eigenvalue weighted by Crippen LogP contribution is -2.27. The lowest BCUT2D eigenvalue weighted by molar-refractivity contribution is -0.118. The van der Waals surface area contributed by atoms with Gasteiger partial charge in [0.1, 0.15) is 5.75 Å². The van der Waals surface area contributed by atoms with Crippen molar-refractivity contribution in [2.45, 2.75) is 37.6 Å². The number of nitrogens with one attached hydrogen (secondary N) is 2. The molecule has 0 aliphatic rings. The van der Waals surface area contributed by atoms with E-state index >= 15 is 0 Å². The first-order valence-corrected chi connectivity index (χ1v) is 13.6. The summed E-state index contributed by atoms with van der Waals surface area (Å²) in [5.74, 6) is -0.707. The Morgan fingerprint density at radius 3 is 2.35 bits per heavy atom. The van der Waals surface area contributed by atoms with Gasteiger partial charge >= 0.3 is 5.97 Å². The molecule has 0 radical (unpaired) electrons. The number of carbonyl (C=O) groups is 2. The summed E-state index contributed by atoms with van der Waals surface area (Å²) in [6.45, 7) is 3.77. The van der Waals surface area contributed by atoms with E-state index < -0.39 is 27.9 Å². The van der Waals surface area contributed by atoms with Crippen LogP contribution < -0.4 is 14.8 Å². The van der Waals surface area contributed by atoms with Gasteiger partial charge in [-0.2, -0.15) is 0 Å². The van der Waals surface area contributed by atoms with Crippen LogP contribution in [0.3, 0.4) is 0 Å². The van der Waals surface area contributed by atoms with Crippen LogP contribution in [0.2, 0.25) is 5.02 Å². The van der Waals surface area contributed by atoms with Crippen molar-refractivity contribution in [3.63, 3.8) is 0 Å². The maximum Gasteiger partial charge on any atom is 0.338 e. The summed E-state index contributed by atoms with van der Waals surface area (Å²) in [6.07, 6.45) is 1.73. The molecule has 3 aromatic carbocycles. The van der Waals surface area contributed by atoms with Crippen molar-refractivity contribution in [1.29, 1.82) is 0 Å². The number of rotatable bonds is 12. The van der Waals surface area contributed by atoms with E-state index in [0.29, 0.717) is 17.9 Å². The number of hydrogen-bond acceptors (Lipinski definition) is 6. The third-order valence-electron chi connectivity index (χ3n) is 5.34. The second kappa shape index (κ2) is 13.2. The molecule has 0 aliphatic carbocycles. The van der Waals surface area contributed by atoms with Gasteiger partial charge in [0, 0.05) is 11.7 Å². The van der Waals surface area contributed by atoms with Crippen LogP contribution in [0.1, 0.15) is 48.7 Å². The average molecular weight is 545 g/mol. The minimum Gasteiger partial charge on any atom is -0.482 e. The van der Waals surface area contributed by atoms with E-state index in [2.05, 4.69) is 10.0 Å². The van der Waals surface area contributed by atoms with Crippen LogP contribution in [0, 0.1) is 0 Å². The predicted octanol–water partition coefficient (Wildman–Crippen LogP) is 5.35. The van der Waals surface area contributed by atoms with Crippen molar-refractivity contribution >= 4 is 39.2 Å². The highest BCUT2D eigenvalue weighted by Gasteiger charge is 2.20. The van der Waals surface area contributed by atoms with Crippen LogP contribution in [-0.2, 0) is 19.6 Å². The Morgan fingerprint density at radius 1 is 1.00 bits per heavy atom. The molecule has 0 fully saturated rings. The molecular formula is C27H29ClN2O6S. The van der Waals surface area contributed by atoms with E-state index in [1.165, 1.54) is 18.2 Å². The molecule has 0 bridgehead atoms. The highest BCUT2D eigenvalue weighted by Crippen LogP contribution is 2.28. The Balaban J connectivity index is 1.54. The zero-order valence-corrected chi connectivity index (χ0v) is 22.1. The molecule has 1 atom stereocenters. The number of hydrogen-bond donors (Lipinski definition) is 2. The van der Waals surface area contributed by atoms with Gasteiger partial charge in [-0.1, -0.05) is 55.3 Å². The van der Waals surface area contributed by atoms with Crippen molar-refractivity contribution in [3.8, 4) is 5.75 Å². The van der Waals surface area contributed by atoms with E-state index in [0.717, 1.165) is 18.4 Å². The van der Waals surface area contributed by atoms with Crippen molar-refractivity contribution in [2.24, 2.45) is 0 Å². The van der Waals surface area contributed by atoms with E-state index in [-0.39, 0.29) is 22.3 Å². The smallest absolute Gasteiger partial charge is 0.338 e. The summed E-state index contributed by atoms with van der Waals surface area (Å²) in [5.41, 5.74) is 1.69. The van der Waals surface area contributed by atoms with Crippen molar-refractivity contribution in [3.05, 3.63) is 88.9 Å². The Labute approximate surface area is 222 Å². The van der Waals surface area contributed by atoms with E-state index in [9.17, 15) is 18.0 Å². The minimum absolute atomic E-state index is 0.0228. The largest absolute Gasteiger partial charge is 0.482 e. The highest BCUT2D eigenvalue weighted by molar-refractivity contribution is 7.89. The minimum atomic E-state index is -3.84. The van der Waals surface area contributed by atoms with Crippen LogP contribution in [0.4, 0.5) is 5.69 Å². The quantitative estimate of drug-likeness (QED) is 0.235. The molecule has 0 spiro atoms. The number of anilines is 1. The first-order valence-electron chi connectivity index (χ1n) is 11.8. The zero-order chi connectivity index (χ0) is 26.8. The standard InChI is InChI=1S/C27H29ClN2O6S/c1-3-4-16-35-27(32)21-10-12-22(13-11-21)29-26(31)18-36-25-15-14-23(17-24(25)28)37(33,34)30-19(2)20-8-6-5-7-9-20/h5-15,17,19,30H,3-4,16,18H2,1-2H3,(H,29,31)/t19-/m0/s1. The molecule has 37 heavy (non-hydrogen) atoms. The summed E-state index contributed by atoms with van der Waals surface area (Å²) in [4.78, 5) is 24.2. The van der Waals surface area contributed by atoms with Gasteiger partial charge in [-0.05, 0) is 61.4 Å². The number of carbonyl (C=O) groups excluding carboxylic acids is 2. The third kappa shape index (κ3) is 8.31. The number of esters is 1. The number of sulfonamides is 1. The van der Waals surface area contributed by atoms with Gasteiger partial charge in [0.25, 0.3) is 5.91 Å². The molecule has 10 heteroatoms. The van der Waals surface area contributed by atoms with E-state index in [4.69, 9.17) is 21.1 Å². The van der Waals surface area contributed by atoms with Crippen LogP contribution in [-0.4, -0.2) is 33.5 Å². The highest BCUT2D eigenvalue weighted by atomic mass is 35.5. The second-order valence-corrected chi connectivity index (χ2v) is 10.4. The van der Waals surface area contributed by atoms with Gasteiger partial charge in [0.2, 0.25) is 10.0 Å². The van der Waals surface area contributed by atoms with Crippen LogP contribution in [0.5, 0.6) is 5.75 Å². The molecule has 3 aromatic rings. The molecule has 8 nitrogen and oxygen atoms in total. The third-order valence-corrected chi connectivity index (χ3v) is 7.17. The summed E-state index contributed by atoms with van der Waals surface area (Å²) in [5, 5.41) is 2.71. The van der Waals surface area contributed by atoms with Gasteiger partial charge in [-0.15, -0.1) is 0 Å². The fraction of sp³-hybridized carbons (Fsp3) is 0.259. The van der Waals surface area contributed by atoms with Crippen molar-refractivity contribution in [2.75, 3.05) is 18.5 Å². The molecular weight excluding hydrogens is 516 g/mol. The van der Waals surface area contributed by atoms with Crippen LogP contribution in [0.25, 0.3) is 0 Å². The number of unbranched alkanes of at least 4 members (excludes halogenated alkanes) is 1. The monoisotopic (exact) mass is 544 g/mol. The Kier molecular flexibility index (Phi) is 10.1. The fourth-order valence-corrected chi connectivity index (χ4v) is 4.86.